The molecule has 0 amide bonds. The molecule has 0 spiro atoms. The molecule has 0 aliphatic carbocycles. The summed E-state index contributed by atoms with van der Waals surface area (Å²) in [5, 5.41) is 14.0. The van der Waals surface area contributed by atoms with Gasteiger partial charge in [0.2, 0.25) is 4.96 Å². The van der Waals surface area contributed by atoms with Crippen molar-refractivity contribution in [3.05, 3.63) is 41.7 Å². The van der Waals surface area contributed by atoms with Crippen LogP contribution in [0.3, 0.4) is 0 Å². The van der Waals surface area contributed by atoms with Gasteiger partial charge in [-0.25, -0.2) is 9.50 Å². The lowest BCUT2D eigenvalue weighted by Gasteiger charge is -1.96. The van der Waals surface area contributed by atoms with Crippen LogP contribution < -0.4 is 0 Å². The van der Waals surface area contributed by atoms with E-state index < -0.39 is 5.97 Å². The lowest BCUT2D eigenvalue weighted by atomic mass is 10.1. The molecule has 0 atom stereocenters. The summed E-state index contributed by atoms with van der Waals surface area (Å²) in [5.41, 5.74) is 2.76. The van der Waals surface area contributed by atoms with Gasteiger partial charge in [-0.1, -0.05) is 35.1 Å². The average Bonchev–Trinajstić information content (AvgIpc) is 2.85. The second-order valence-electron chi connectivity index (χ2n) is 4.31. The third kappa shape index (κ3) is 2.34. The molecule has 0 bridgehead atoms. The van der Waals surface area contributed by atoms with Gasteiger partial charge in [0.1, 0.15) is 5.01 Å². The number of rotatable bonds is 3. The van der Waals surface area contributed by atoms with Crippen LogP contribution in [0.2, 0.25) is 0 Å². The molecule has 19 heavy (non-hydrogen) atoms. The summed E-state index contributed by atoms with van der Waals surface area (Å²) in [5.74, 6) is -0.885. The van der Waals surface area contributed by atoms with Gasteiger partial charge in [-0.3, -0.25) is 4.79 Å². The highest BCUT2D eigenvalue weighted by Crippen LogP contribution is 2.26. The number of carbonyl (C=O) groups is 1. The van der Waals surface area contributed by atoms with Crippen LogP contribution in [0.4, 0.5) is 0 Å². The maximum absolute atomic E-state index is 10.6. The molecule has 5 nitrogen and oxygen atoms in total. The summed E-state index contributed by atoms with van der Waals surface area (Å²) < 4.78 is 1.64. The van der Waals surface area contributed by atoms with Gasteiger partial charge in [-0.15, -0.1) is 0 Å². The fraction of sp³-hybridized carbons (Fsp3) is 0.154. The van der Waals surface area contributed by atoms with Crippen molar-refractivity contribution < 1.29 is 9.90 Å². The monoisotopic (exact) mass is 273 g/mol. The first-order chi connectivity index (χ1) is 9.11. The Morgan fingerprint density at radius 1 is 1.47 bits per heavy atom. The van der Waals surface area contributed by atoms with Crippen LogP contribution in [0.25, 0.3) is 15.5 Å². The minimum atomic E-state index is -0.885. The molecule has 0 saturated carbocycles. The summed E-state index contributed by atoms with van der Waals surface area (Å²) in [6, 6.07) is 8.09. The number of benzene rings is 1. The van der Waals surface area contributed by atoms with Crippen LogP contribution in [0.1, 0.15) is 11.3 Å². The maximum atomic E-state index is 10.6. The predicted octanol–water partition coefficient (Wildman–Crippen LogP) is 2.39. The van der Waals surface area contributed by atoms with Gasteiger partial charge < -0.3 is 5.11 Å². The molecule has 0 aliphatic rings. The predicted molar refractivity (Wildman–Crippen MR) is 72.4 cm³/mol. The van der Waals surface area contributed by atoms with Gasteiger partial charge >= 0.3 is 5.97 Å². The zero-order chi connectivity index (χ0) is 13.4. The van der Waals surface area contributed by atoms with Crippen LogP contribution >= 0.6 is 11.3 Å². The third-order valence-corrected chi connectivity index (χ3v) is 3.66. The van der Waals surface area contributed by atoms with Crippen molar-refractivity contribution in [1.29, 1.82) is 0 Å². The number of hydrogen-bond donors (Lipinski definition) is 1. The Bertz CT molecular complexity index is 729. The zero-order valence-corrected chi connectivity index (χ0v) is 11.0. The number of carboxylic acids is 1. The minimum absolute atomic E-state index is 0.0736. The van der Waals surface area contributed by atoms with E-state index in [9.17, 15) is 4.79 Å². The fourth-order valence-corrected chi connectivity index (χ4v) is 2.78. The molecule has 2 heterocycles. The highest BCUT2D eigenvalue weighted by Gasteiger charge is 2.11. The number of carboxylic acid groups (broad SMARTS) is 1. The van der Waals surface area contributed by atoms with E-state index in [1.54, 1.807) is 10.7 Å². The molecule has 1 N–H and O–H groups in total. The maximum Gasteiger partial charge on any atom is 0.309 e. The second-order valence-corrected chi connectivity index (χ2v) is 5.26. The second kappa shape index (κ2) is 4.47. The van der Waals surface area contributed by atoms with Crippen molar-refractivity contribution in [3.8, 4) is 10.6 Å². The topological polar surface area (TPSA) is 67.5 Å². The summed E-state index contributed by atoms with van der Waals surface area (Å²) in [6.45, 7) is 2.03. The van der Waals surface area contributed by atoms with E-state index >= 15 is 0 Å². The molecule has 1 aromatic carbocycles. The van der Waals surface area contributed by atoms with Crippen molar-refractivity contribution in [2.75, 3.05) is 0 Å². The van der Waals surface area contributed by atoms with Crippen LogP contribution in [-0.4, -0.2) is 25.7 Å². The number of hydrogen-bond acceptors (Lipinski definition) is 4. The van der Waals surface area contributed by atoms with Gasteiger partial charge in [0.05, 0.1) is 18.3 Å². The number of nitrogens with zero attached hydrogens (tertiary/aromatic N) is 3. The van der Waals surface area contributed by atoms with E-state index in [0.29, 0.717) is 10.7 Å². The smallest absolute Gasteiger partial charge is 0.309 e. The standard InChI is InChI=1S/C13H11N3O2S/c1-8-3-2-4-9(5-8)12-15-16-7-10(6-11(17)18)14-13(16)19-12/h2-5,7H,6H2,1H3,(H,17,18). The number of aryl methyl sites for hydroxylation is 1. The van der Waals surface area contributed by atoms with E-state index in [1.807, 2.05) is 25.1 Å². The largest absolute Gasteiger partial charge is 0.481 e. The Morgan fingerprint density at radius 2 is 2.32 bits per heavy atom. The molecule has 0 fully saturated rings. The Kier molecular flexibility index (Phi) is 2.79. The molecule has 2 aromatic heterocycles. The van der Waals surface area contributed by atoms with E-state index in [1.165, 1.54) is 16.9 Å². The van der Waals surface area contributed by atoms with Crippen LogP contribution in [0.5, 0.6) is 0 Å². The summed E-state index contributed by atoms with van der Waals surface area (Å²) in [4.78, 5) is 15.6. The van der Waals surface area contributed by atoms with Crippen LogP contribution in [0, 0.1) is 6.92 Å². The lowest BCUT2D eigenvalue weighted by Crippen LogP contribution is -1.99. The lowest BCUT2D eigenvalue weighted by molar-refractivity contribution is -0.136. The SMILES string of the molecule is Cc1cccc(-c2nn3cc(CC(=O)O)nc3s2)c1. The minimum Gasteiger partial charge on any atom is -0.481 e. The summed E-state index contributed by atoms with van der Waals surface area (Å²) in [7, 11) is 0. The highest BCUT2D eigenvalue weighted by molar-refractivity contribution is 7.19. The molecule has 0 aliphatic heterocycles. The zero-order valence-electron chi connectivity index (χ0n) is 10.2. The number of imidazole rings is 1. The van der Waals surface area contributed by atoms with Crippen molar-refractivity contribution in [2.24, 2.45) is 0 Å². The van der Waals surface area contributed by atoms with Gasteiger partial charge in [0.15, 0.2) is 0 Å². The molecule has 0 saturated heterocycles. The fourth-order valence-electron chi connectivity index (χ4n) is 1.88. The molecular weight excluding hydrogens is 262 g/mol. The number of aliphatic carboxylic acids is 1. The van der Waals surface area contributed by atoms with Gasteiger partial charge in [0, 0.05) is 5.56 Å². The molecule has 6 heteroatoms. The van der Waals surface area contributed by atoms with Crippen molar-refractivity contribution >= 4 is 22.3 Å². The summed E-state index contributed by atoms with van der Waals surface area (Å²) in [6.07, 6.45) is 1.59. The van der Waals surface area contributed by atoms with Crippen molar-refractivity contribution in [3.63, 3.8) is 0 Å². The van der Waals surface area contributed by atoms with Crippen molar-refractivity contribution in [2.45, 2.75) is 13.3 Å². The van der Waals surface area contributed by atoms with E-state index in [-0.39, 0.29) is 6.42 Å². The van der Waals surface area contributed by atoms with E-state index in [4.69, 9.17) is 5.11 Å². The van der Waals surface area contributed by atoms with Crippen LogP contribution in [-0.2, 0) is 11.2 Å². The Balaban J connectivity index is 1.99. The molecule has 3 aromatic rings. The van der Waals surface area contributed by atoms with Crippen LogP contribution in [0.15, 0.2) is 30.5 Å². The van der Waals surface area contributed by atoms with Crippen molar-refractivity contribution in [1.82, 2.24) is 14.6 Å². The molecule has 0 radical (unpaired) electrons. The molecular formula is C13H11N3O2S. The Morgan fingerprint density at radius 3 is 3.00 bits per heavy atom. The average molecular weight is 273 g/mol. The Labute approximate surface area is 113 Å². The number of aromatic nitrogens is 3. The molecule has 96 valence electrons. The normalized spacial score (nSPS) is 11.0. The highest BCUT2D eigenvalue weighted by atomic mass is 32.1. The Hall–Kier alpha value is -2.21. The van der Waals surface area contributed by atoms with E-state index in [0.717, 1.165) is 10.6 Å². The summed E-state index contributed by atoms with van der Waals surface area (Å²) >= 11 is 1.45. The molecule has 0 unspecified atom stereocenters. The molecule has 3 rings (SSSR count). The first-order valence-electron chi connectivity index (χ1n) is 5.76. The van der Waals surface area contributed by atoms with E-state index in [2.05, 4.69) is 16.1 Å². The van der Waals surface area contributed by atoms with Gasteiger partial charge in [-0.05, 0) is 13.0 Å². The first-order valence-corrected chi connectivity index (χ1v) is 6.57. The number of fused-ring (bicyclic) bond motifs is 1. The van der Waals surface area contributed by atoms with Gasteiger partial charge in [0.25, 0.3) is 0 Å². The first kappa shape index (κ1) is 11.9. The van der Waals surface area contributed by atoms with Gasteiger partial charge in [-0.2, -0.15) is 5.10 Å². The third-order valence-electron chi connectivity index (χ3n) is 2.69. The quantitative estimate of drug-likeness (QED) is 0.795.